The molecule has 0 fully saturated rings. The number of hydrogen-bond donors (Lipinski definition) is 5. The lowest BCUT2D eigenvalue weighted by molar-refractivity contribution is -0.386. The van der Waals surface area contributed by atoms with E-state index in [1.165, 1.54) is 42.5 Å². The number of phenols is 4. The first kappa shape index (κ1) is 68.7. The standard InChI is InChI=1S/C17H18Cl2.C14H11Br2NO2.C13H8Cl2N2O6S.C13H8Cl2N2O6/c1-17(2,3)14-7-4-12(5-8-14)10-13-6-9-15(18)11-16(13)19;15-10-6-11(13(18)12(16)7-10)14(19)17-8-9-4-2-1-3-5-9;1-23-13-9(17(21)22)3-7(15)5-11(13)24-10-4-6(14)2-8(12(10)18)16(19)20;14-8-2-6(12(18)10(4-8)16(20)21)1-7-3-9(15)5-11(13(7)19)17(22)23/h4-9,11H,10H2,1-3H3;1-7,18H,8H2,(H,17,19);2-5,18H,1H3;2-5,18-19H,1H2. The van der Waals surface area contributed by atoms with Gasteiger partial charge in [-0.1, -0.05) is 179 Å². The van der Waals surface area contributed by atoms with Crippen LogP contribution in [0.3, 0.4) is 0 Å². The molecule has 0 radical (unpaired) electrons. The van der Waals surface area contributed by atoms with Crippen LogP contribution in [0, 0.1) is 40.5 Å². The van der Waals surface area contributed by atoms with E-state index in [0.717, 1.165) is 63.1 Å². The Hall–Kier alpha value is -7.12. The second kappa shape index (κ2) is 30.8. The lowest BCUT2D eigenvalue weighted by Gasteiger charge is -2.19. The molecule has 1 amide bonds. The van der Waals surface area contributed by atoms with Crippen LogP contribution < -0.4 is 10.1 Å². The van der Waals surface area contributed by atoms with Crippen molar-refractivity contribution in [1.29, 1.82) is 0 Å². The normalized spacial score (nSPS) is 10.7. The summed E-state index contributed by atoms with van der Waals surface area (Å²) in [5.74, 6) is -2.35. The van der Waals surface area contributed by atoms with E-state index in [1.54, 1.807) is 18.2 Å². The van der Waals surface area contributed by atoms with Crippen LogP contribution in [0.4, 0.5) is 22.7 Å². The van der Waals surface area contributed by atoms with E-state index >= 15 is 0 Å². The Morgan fingerprint density at radius 3 is 1.51 bits per heavy atom. The van der Waals surface area contributed by atoms with Crippen LogP contribution in [0.15, 0.2) is 152 Å². The minimum Gasteiger partial charge on any atom is -0.506 e. The summed E-state index contributed by atoms with van der Waals surface area (Å²) in [4.78, 5) is 53.0. The van der Waals surface area contributed by atoms with Crippen LogP contribution in [-0.2, 0) is 24.8 Å². The van der Waals surface area contributed by atoms with Gasteiger partial charge >= 0.3 is 22.7 Å². The number of phenolic OH excluding ortho intramolecular Hbond substituents is 4. The maximum atomic E-state index is 12.0. The number of hydrogen-bond acceptors (Lipinski definition) is 15. The zero-order chi connectivity index (χ0) is 63.2. The van der Waals surface area contributed by atoms with Gasteiger partial charge in [0.05, 0.1) is 46.6 Å². The van der Waals surface area contributed by atoms with Crippen molar-refractivity contribution in [3.05, 3.63) is 252 Å². The zero-order valence-corrected chi connectivity index (χ0v) is 52.9. The van der Waals surface area contributed by atoms with E-state index < -0.39 is 54.0 Å². The van der Waals surface area contributed by atoms with E-state index in [4.69, 9.17) is 74.3 Å². The number of nitro benzene ring substituents is 4. The fraction of sp³-hybridized carbons (Fsp3) is 0.140. The largest absolute Gasteiger partial charge is 0.506 e. The number of amides is 1. The van der Waals surface area contributed by atoms with Crippen molar-refractivity contribution in [2.24, 2.45) is 0 Å². The van der Waals surface area contributed by atoms with Gasteiger partial charge in [0, 0.05) is 83.0 Å². The average molecular weight is 1430 g/mol. The lowest BCUT2D eigenvalue weighted by atomic mass is 9.86. The predicted molar refractivity (Wildman–Crippen MR) is 336 cm³/mol. The van der Waals surface area contributed by atoms with Crippen molar-refractivity contribution in [1.82, 2.24) is 5.32 Å². The summed E-state index contributed by atoms with van der Waals surface area (Å²) < 4.78 is 6.25. The summed E-state index contributed by atoms with van der Waals surface area (Å²) in [7, 11) is 1.24. The van der Waals surface area contributed by atoms with Gasteiger partial charge in [0.1, 0.15) is 5.75 Å². The molecule has 85 heavy (non-hydrogen) atoms. The molecule has 8 aromatic carbocycles. The maximum Gasteiger partial charge on any atom is 0.313 e. The Balaban J connectivity index is 0.000000208. The fourth-order valence-corrected chi connectivity index (χ4v) is 11.3. The molecular weight excluding hydrogens is 1380 g/mol. The minimum atomic E-state index is -0.814. The first-order chi connectivity index (χ1) is 39.9. The van der Waals surface area contributed by atoms with Crippen LogP contribution in [0.1, 0.15) is 64.5 Å². The smallest absolute Gasteiger partial charge is 0.313 e. The Morgan fingerprint density at radius 2 is 1.02 bits per heavy atom. The number of nitro groups is 4. The van der Waals surface area contributed by atoms with Crippen molar-refractivity contribution in [3.63, 3.8) is 0 Å². The molecule has 5 N–H and O–H groups in total. The first-order valence-corrected chi connectivity index (χ1v) is 28.8. The summed E-state index contributed by atoms with van der Waals surface area (Å²) in [6.07, 6.45) is 0.598. The third kappa shape index (κ3) is 19.4. The van der Waals surface area contributed by atoms with Gasteiger partial charge in [0.25, 0.3) is 5.91 Å². The molecule has 0 atom stereocenters. The number of benzene rings is 8. The first-order valence-electron chi connectivity index (χ1n) is 24.1. The highest BCUT2D eigenvalue weighted by molar-refractivity contribution is 9.11. The molecular formula is C57H45Br2Cl6N5O14S. The minimum absolute atomic E-state index is 0.000479. The molecule has 0 aliphatic heterocycles. The van der Waals surface area contributed by atoms with Crippen molar-refractivity contribution >= 4 is 142 Å². The molecule has 0 aromatic heterocycles. The summed E-state index contributed by atoms with van der Waals surface area (Å²) in [6, 6.07) is 36.5. The summed E-state index contributed by atoms with van der Waals surface area (Å²) in [5.41, 5.74) is 3.02. The predicted octanol–water partition coefficient (Wildman–Crippen LogP) is 18.2. The van der Waals surface area contributed by atoms with Crippen LogP contribution >= 0.6 is 113 Å². The Labute approximate surface area is 535 Å². The number of halogens is 8. The Morgan fingerprint density at radius 1 is 0.541 bits per heavy atom. The molecule has 0 saturated carbocycles. The van der Waals surface area contributed by atoms with Gasteiger partial charge in [-0.25, -0.2) is 0 Å². The molecule has 19 nitrogen and oxygen atoms in total. The van der Waals surface area contributed by atoms with Crippen molar-refractivity contribution in [3.8, 4) is 28.7 Å². The zero-order valence-electron chi connectivity index (χ0n) is 44.4. The van der Waals surface area contributed by atoms with Gasteiger partial charge in [-0.3, -0.25) is 45.3 Å². The van der Waals surface area contributed by atoms with E-state index in [0.29, 0.717) is 16.0 Å². The highest BCUT2D eigenvalue weighted by Crippen LogP contribution is 2.48. The van der Waals surface area contributed by atoms with Gasteiger partial charge in [-0.2, -0.15) is 0 Å². The third-order valence-electron chi connectivity index (χ3n) is 11.7. The average Bonchev–Trinajstić information content (AvgIpc) is 2.60. The van der Waals surface area contributed by atoms with Gasteiger partial charge in [0.2, 0.25) is 11.5 Å². The molecule has 0 aliphatic rings. The maximum absolute atomic E-state index is 12.0. The molecule has 0 unspecified atom stereocenters. The van der Waals surface area contributed by atoms with E-state index in [9.17, 15) is 65.7 Å². The highest BCUT2D eigenvalue weighted by Gasteiger charge is 2.26. The van der Waals surface area contributed by atoms with Crippen molar-refractivity contribution < 1.29 is 49.7 Å². The van der Waals surface area contributed by atoms with Gasteiger partial charge in [-0.15, -0.1) is 0 Å². The molecule has 0 spiro atoms. The molecule has 28 heteroatoms. The Bertz CT molecular complexity index is 3760. The summed E-state index contributed by atoms with van der Waals surface area (Å²) in [5, 5.41) is 87.8. The van der Waals surface area contributed by atoms with Crippen molar-refractivity contribution in [2.75, 3.05) is 7.11 Å². The monoisotopic (exact) mass is 1420 g/mol. The molecule has 0 heterocycles. The number of aromatic hydroxyl groups is 4. The topological polar surface area (TPSA) is 292 Å². The number of methoxy groups -OCH3 is 1. The van der Waals surface area contributed by atoms with Gasteiger partial charge < -0.3 is 30.5 Å². The number of carbonyl (C=O) groups is 1. The van der Waals surface area contributed by atoms with Gasteiger partial charge in [0.15, 0.2) is 11.5 Å². The fourth-order valence-electron chi connectivity index (χ4n) is 7.52. The SMILES string of the molecule is CC(C)(C)c1ccc(Cc2ccc(Cl)cc2Cl)cc1.COc1c(Sc2cc(Cl)cc([N+](=O)[O-])c2O)cc(Cl)cc1[N+](=O)[O-].O=C(NCc1ccccc1)c1cc(Br)cc(Br)c1O.O=[N+]([O-])c1cc(Cl)cc(Cc2cc(Cl)cc([N+](=O)[O-])c2O)c1O. The van der Waals surface area contributed by atoms with E-state index in [-0.39, 0.29) is 81.5 Å². The van der Waals surface area contributed by atoms with Crippen LogP contribution in [0.25, 0.3) is 0 Å². The van der Waals surface area contributed by atoms with Crippen LogP contribution in [0.2, 0.25) is 30.1 Å². The molecule has 8 aromatic rings. The molecule has 444 valence electrons. The third-order valence-corrected chi connectivity index (χ3v) is 15.3. The van der Waals surface area contributed by atoms with Crippen LogP contribution in [-0.4, -0.2) is 53.1 Å². The lowest BCUT2D eigenvalue weighted by Crippen LogP contribution is -2.22. The number of ether oxygens (including phenoxy) is 1. The quantitative estimate of drug-likeness (QED) is 0.0499. The Kier molecular flexibility index (Phi) is 24.9. The number of nitrogens with one attached hydrogen (secondary N) is 1. The number of rotatable bonds is 14. The van der Waals surface area contributed by atoms with E-state index in [1.807, 2.05) is 42.5 Å². The van der Waals surface area contributed by atoms with Crippen molar-refractivity contribution in [2.45, 2.75) is 55.4 Å². The summed E-state index contributed by atoms with van der Waals surface area (Å²) in [6.45, 7) is 7.08. The highest BCUT2D eigenvalue weighted by atomic mass is 79.9. The number of carbonyl (C=O) groups excluding carboxylic acids is 1. The molecule has 0 bridgehead atoms. The summed E-state index contributed by atoms with van der Waals surface area (Å²) >= 11 is 42.6. The van der Waals surface area contributed by atoms with E-state index in [2.05, 4.69) is 82.2 Å². The molecule has 8 rings (SSSR count). The second-order valence-electron chi connectivity index (χ2n) is 18.7. The molecule has 0 saturated heterocycles. The molecule has 0 aliphatic carbocycles. The second-order valence-corrected chi connectivity index (χ2v) is 24.2. The van der Waals surface area contributed by atoms with Crippen LogP contribution in [0.5, 0.6) is 28.7 Å². The number of nitrogens with zero attached hydrogens (tertiary/aromatic N) is 4. The van der Waals surface area contributed by atoms with Gasteiger partial charge in [-0.05, 0) is 98.6 Å².